The van der Waals surface area contributed by atoms with Gasteiger partial charge in [-0.15, -0.1) is 0 Å². The molecule has 0 atom stereocenters. The summed E-state index contributed by atoms with van der Waals surface area (Å²) in [6.45, 7) is 0.114. The number of carbonyl (C=O) groups is 2. The van der Waals surface area contributed by atoms with Crippen LogP contribution in [0.2, 0.25) is 0 Å². The quantitative estimate of drug-likeness (QED) is 0.590. The monoisotopic (exact) mass is 432 g/mol. The number of amides is 1. The molecule has 0 fully saturated rings. The smallest absolute Gasteiger partial charge is 0.413 e. The maximum atomic E-state index is 11.9. The number of nitrogens with one attached hydrogen (secondary N) is 1. The van der Waals surface area contributed by atoms with Gasteiger partial charge in [0.25, 0.3) is 0 Å². The van der Waals surface area contributed by atoms with Crippen LogP contribution in [0.15, 0.2) is 59.1 Å². The number of nitrogens with zero attached hydrogens (tertiary/aromatic N) is 1. The maximum Gasteiger partial charge on any atom is 0.413 e. The molecule has 26 heavy (non-hydrogen) atoms. The molecule has 0 saturated heterocycles. The minimum atomic E-state index is -1.11. The molecule has 0 radical (unpaired) electrons. The maximum absolute atomic E-state index is 11.9. The van der Waals surface area contributed by atoms with E-state index in [1.807, 2.05) is 30.3 Å². The van der Waals surface area contributed by atoms with E-state index in [2.05, 4.69) is 26.2 Å². The molecule has 3 rings (SSSR count). The number of hydrogen-bond acceptors (Lipinski definition) is 5. The Bertz CT molecular complexity index is 926. The number of rotatable bonds is 5. The minimum Gasteiger partial charge on any atom is -0.477 e. The van der Waals surface area contributed by atoms with Crippen LogP contribution < -0.4 is 5.32 Å². The molecule has 0 spiro atoms. The second-order valence-corrected chi connectivity index (χ2v) is 7.11. The molecule has 1 aromatic heterocycles. The predicted octanol–water partition coefficient (Wildman–Crippen LogP) is 5.02. The summed E-state index contributed by atoms with van der Waals surface area (Å²) < 4.78 is 6.00. The Morgan fingerprint density at radius 3 is 2.46 bits per heavy atom. The van der Waals surface area contributed by atoms with Crippen molar-refractivity contribution in [3.05, 3.63) is 69.5 Å². The van der Waals surface area contributed by atoms with Crippen molar-refractivity contribution in [3.63, 3.8) is 0 Å². The predicted molar refractivity (Wildman–Crippen MR) is 102 cm³/mol. The number of ether oxygens (including phenoxy) is 1. The largest absolute Gasteiger partial charge is 0.477 e. The highest BCUT2D eigenvalue weighted by Gasteiger charge is 2.20. The van der Waals surface area contributed by atoms with E-state index in [9.17, 15) is 14.7 Å². The van der Waals surface area contributed by atoms with Gasteiger partial charge in [0, 0.05) is 10.0 Å². The first-order valence-electron chi connectivity index (χ1n) is 7.50. The van der Waals surface area contributed by atoms with Crippen molar-refractivity contribution in [2.45, 2.75) is 6.61 Å². The topological polar surface area (TPSA) is 88.5 Å². The van der Waals surface area contributed by atoms with E-state index in [1.54, 1.807) is 24.3 Å². The van der Waals surface area contributed by atoms with Crippen LogP contribution in [0, 0.1) is 0 Å². The molecule has 0 saturated carbocycles. The van der Waals surface area contributed by atoms with Crippen LogP contribution in [-0.4, -0.2) is 22.2 Å². The molecule has 8 heteroatoms. The van der Waals surface area contributed by atoms with Gasteiger partial charge in [0.05, 0.1) is 5.69 Å². The standard InChI is InChI=1S/C18H13BrN2O4S/c19-13-8-6-12(7-9-13)14-15(16(22)23)26-17(20-14)21-18(24)25-10-11-4-2-1-3-5-11/h1-9H,10H2,(H,22,23)(H,20,21,24). The summed E-state index contributed by atoms with van der Waals surface area (Å²) in [6.07, 6.45) is -0.693. The number of hydrogen-bond donors (Lipinski definition) is 2. The average molecular weight is 433 g/mol. The zero-order chi connectivity index (χ0) is 18.5. The van der Waals surface area contributed by atoms with Crippen LogP contribution in [0.3, 0.4) is 0 Å². The van der Waals surface area contributed by atoms with E-state index in [-0.39, 0.29) is 16.6 Å². The van der Waals surface area contributed by atoms with Gasteiger partial charge < -0.3 is 9.84 Å². The molecule has 1 amide bonds. The van der Waals surface area contributed by atoms with Gasteiger partial charge in [-0.3, -0.25) is 5.32 Å². The first-order valence-corrected chi connectivity index (χ1v) is 9.11. The van der Waals surface area contributed by atoms with Crippen LogP contribution in [0.5, 0.6) is 0 Å². The molecule has 0 bridgehead atoms. The highest BCUT2D eigenvalue weighted by Crippen LogP contribution is 2.32. The second-order valence-electron chi connectivity index (χ2n) is 5.20. The summed E-state index contributed by atoms with van der Waals surface area (Å²) in [5.41, 5.74) is 1.80. The van der Waals surface area contributed by atoms with Gasteiger partial charge in [0.1, 0.15) is 11.5 Å². The number of carbonyl (C=O) groups excluding carboxylic acids is 1. The summed E-state index contributed by atoms with van der Waals surface area (Å²) in [5.74, 6) is -1.11. The second kappa shape index (κ2) is 8.11. The Morgan fingerprint density at radius 2 is 1.81 bits per heavy atom. The Hall–Kier alpha value is -2.71. The molecule has 6 nitrogen and oxygen atoms in total. The summed E-state index contributed by atoms with van der Waals surface area (Å²) in [7, 11) is 0. The van der Waals surface area contributed by atoms with Crippen molar-refractivity contribution in [2.24, 2.45) is 0 Å². The Kier molecular flexibility index (Phi) is 5.65. The number of halogens is 1. The number of carboxylic acid groups (broad SMARTS) is 1. The number of anilines is 1. The number of benzene rings is 2. The van der Waals surface area contributed by atoms with Crippen LogP contribution in [0.25, 0.3) is 11.3 Å². The van der Waals surface area contributed by atoms with Gasteiger partial charge in [0.2, 0.25) is 0 Å². The lowest BCUT2D eigenvalue weighted by Gasteiger charge is -2.04. The highest BCUT2D eigenvalue weighted by molar-refractivity contribution is 9.10. The third-order valence-corrected chi connectivity index (χ3v) is 4.85. The van der Waals surface area contributed by atoms with Gasteiger partial charge >= 0.3 is 12.1 Å². The lowest BCUT2D eigenvalue weighted by atomic mass is 10.1. The Labute approximate surface area is 161 Å². The van der Waals surface area contributed by atoms with Crippen LogP contribution >= 0.6 is 27.3 Å². The third-order valence-electron chi connectivity index (χ3n) is 3.36. The molecular weight excluding hydrogens is 420 g/mol. The zero-order valence-corrected chi connectivity index (χ0v) is 15.7. The molecule has 2 N–H and O–H groups in total. The number of aromatic carboxylic acids is 1. The fourth-order valence-corrected chi connectivity index (χ4v) is 3.24. The fraction of sp³-hybridized carbons (Fsp3) is 0.0556. The van der Waals surface area contributed by atoms with Crippen LogP contribution in [0.1, 0.15) is 15.2 Å². The fourth-order valence-electron chi connectivity index (χ4n) is 2.17. The SMILES string of the molecule is O=C(Nc1nc(-c2ccc(Br)cc2)c(C(=O)O)s1)OCc1ccccc1. The van der Waals surface area contributed by atoms with Gasteiger partial charge in [-0.2, -0.15) is 0 Å². The van der Waals surface area contributed by atoms with Crippen molar-refractivity contribution in [3.8, 4) is 11.3 Å². The molecule has 1 heterocycles. The molecule has 0 aliphatic carbocycles. The summed E-state index contributed by atoms with van der Waals surface area (Å²) >= 11 is 4.21. The Morgan fingerprint density at radius 1 is 1.12 bits per heavy atom. The summed E-state index contributed by atoms with van der Waals surface area (Å²) in [6, 6.07) is 16.3. The van der Waals surface area contributed by atoms with Gasteiger partial charge in [-0.25, -0.2) is 14.6 Å². The minimum absolute atomic E-state index is 0.0469. The Balaban J connectivity index is 1.74. The van der Waals surface area contributed by atoms with E-state index in [4.69, 9.17) is 4.74 Å². The van der Waals surface area contributed by atoms with Gasteiger partial charge in [0.15, 0.2) is 5.13 Å². The highest BCUT2D eigenvalue weighted by atomic mass is 79.9. The number of thiazole rings is 1. The third kappa shape index (κ3) is 4.47. The lowest BCUT2D eigenvalue weighted by molar-refractivity contribution is 0.0702. The normalized spacial score (nSPS) is 10.3. The summed E-state index contributed by atoms with van der Waals surface area (Å²) in [4.78, 5) is 27.7. The van der Waals surface area contributed by atoms with E-state index in [0.29, 0.717) is 11.3 Å². The van der Waals surface area contributed by atoms with E-state index >= 15 is 0 Å². The first-order chi connectivity index (χ1) is 12.5. The molecule has 2 aromatic carbocycles. The van der Waals surface area contributed by atoms with Crippen molar-refractivity contribution in [1.82, 2.24) is 4.98 Å². The van der Waals surface area contributed by atoms with Gasteiger partial charge in [-0.1, -0.05) is 69.7 Å². The van der Waals surface area contributed by atoms with E-state index < -0.39 is 12.1 Å². The van der Waals surface area contributed by atoms with Crippen molar-refractivity contribution < 1.29 is 19.4 Å². The van der Waals surface area contributed by atoms with Crippen LogP contribution in [0.4, 0.5) is 9.93 Å². The molecular formula is C18H13BrN2O4S. The lowest BCUT2D eigenvalue weighted by Crippen LogP contribution is -2.13. The van der Waals surface area contributed by atoms with E-state index in [1.165, 1.54) is 0 Å². The summed E-state index contributed by atoms with van der Waals surface area (Å²) in [5, 5.41) is 12.0. The van der Waals surface area contributed by atoms with Gasteiger partial charge in [-0.05, 0) is 17.7 Å². The molecule has 0 unspecified atom stereocenters. The average Bonchev–Trinajstić information content (AvgIpc) is 3.05. The van der Waals surface area contributed by atoms with E-state index in [0.717, 1.165) is 21.4 Å². The van der Waals surface area contributed by atoms with Crippen molar-refractivity contribution >= 4 is 44.5 Å². The first kappa shape index (κ1) is 18.1. The molecule has 0 aliphatic heterocycles. The molecule has 0 aliphatic rings. The number of aromatic nitrogens is 1. The van der Waals surface area contributed by atoms with Crippen molar-refractivity contribution in [1.29, 1.82) is 0 Å². The zero-order valence-electron chi connectivity index (χ0n) is 13.3. The molecule has 132 valence electrons. The van der Waals surface area contributed by atoms with Crippen molar-refractivity contribution in [2.75, 3.05) is 5.32 Å². The molecule has 3 aromatic rings. The van der Waals surface area contributed by atoms with Crippen LogP contribution in [-0.2, 0) is 11.3 Å². The number of carboxylic acids is 1.